The minimum absolute atomic E-state index is 0.00895. The normalized spacial score (nSPS) is 12.1. The second kappa shape index (κ2) is 5.88. The van der Waals surface area contributed by atoms with Gasteiger partial charge in [-0.15, -0.1) is 11.3 Å². The van der Waals surface area contributed by atoms with Crippen molar-refractivity contribution < 1.29 is 4.79 Å². The maximum Gasteiger partial charge on any atom is 0.156 e. The monoisotopic (exact) mass is 282 g/mol. The first-order valence-electron chi connectivity index (χ1n) is 5.37. The van der Waals surface area contributed by atoms with Crippen molar-refractivity contribution in [2.24, 2.45) is 0 Å². The third-order valence-corrected chi connectivity index (χ3v) is 3.61. The summed E-state index contributed by atoms with van der Waals surface area (Å²) < 4.78 is 0. The van der Waals surface area contributed by atoms with E-state index in [4.69, 9.17) is 11.6 Å². The van der Waals surface area contributed by atoms with Crippen LogP contribution in [0, 0.1) is 0 Å². The molecule has 0 radical (unpaired) electrons. The van der Waals surface area contributed by atoms with Crippen molar-refractivity contribution in [1.29, 1.82) is 0 Å². The van der Waals surface area contributed by atoms with Crippen molar-refractivity contribution in [1.82, 2.24) is 15.0 Å². The maximum absolute atomic E-state index is 11.0. The van der Waals surface area contributed by atoms with Crippen LogP contribution in [0.3, 0.4) is 0 Å². The smallest absolute Gasteiger partial charge is 0.156 e. The molecule has 2 aromatic rings. The van der Waals surface area contributed by atoms with Crippen molar-refractivity contribution in [2.75, 3.05) is 5.32 Å². The van der Waals surface area contributed by atoms with Gasteiger partial charge in [0.15, 0.2) is 6.29 Å². The first kappa shape index (κ1) is 12.9. The lowest BCUT2D eigenvalue weighted by Crippen LogP contribution is -2.12. The molecule has 0 amide bonds. The van der Waals surface area contributed by atoms with E-state index >= 15 is 0 Å². The Morgan fingerprint density at radius 2 is 2.33 bits per heavy atom. The molecular formula is C11H11ClN4OS. The van der Waals surface area contributed by atoms with Crippen molar-refractivity contribution >= 4 is 35.0 Å². The number of aromatic nitrogens is 3. The summed E-state index contributed by atoms with van der Waals surface area (Å²) in [5.74, 6) is 0.437. The highest BCUT2D eigenvalue weighted by molar-refractivity contribution is 7.09. The van der Waals surface area contributed by atoms with Crippen molar-refractivity contribution in [3.8, 4) is 0 Å². The summed E-state index contributed by atoms with van der Waals surface area (Å²) >= 11 is 7.40. The van der Waals surface area contributed by atoms with E-state index in [1.165, 1.54) is 6.33 Å². The second-order valence-corrected chi connectivity index (χ2v) is 4.80. The molecule has 1 atom stereocenters. The lowest BCUT2D eigenvalue weighted by atomic mass is 10.2. The van der Waals surface area contributed by atoms with Crippen LogP contribution >= 0.6 is 22.9 Å². The van der Waals surface area contributed by atoms with Gasteiger partial charge in [-0.2, -0.15) is 0 Å². The fourth-order valence-electron chi connectivity index (χ4n) is 1.50. The summed E-state index contributed by atoms with van der Waals surface area (Å²) in [5.41, 5.74) is 0.272. The summed E-state index contributed by atoms with van der Waals surface area (Å²) in [7, 11) is 0. The van der Waals surface area contributed by atoms with Crippen molar-refractivity contribution in [2.45, 2.75) is 19.4 Å². The Kier molecular flexibility index (Phi) is 4.22. The van der Waals surface area contributed by atoms with E-state index in [0.717, 1.165) is 11.4 Å². The summed E-state index contributed by atoms with van der Waals surface area (Å²) in [6.07, 6.45) is 4.55. The SMILES string of the molecule is CCC(Nc1ncnc(Cl)c1C=O)c1nccs1. The largest absolute Gasteiger partial charge is 0.360 e. The minimum Gasteiger partial charge on any atom is -0.360 e. The molecule has 0 fully saturated rings. The third kappa shape index (κ3) is 2.65. The Morgan fingerprint density at radius 1 is 1.50 bits per heavy atom. The molecule has 1 unspecified atom stereocenters. The van der Waals surface area contributed by atoms with E-state index in [9.17, 15) is 4.79 Å². The van der Waals surface area contributed by atoms with Gasteiger partial charge in [0.2, 0.25) is 0 Å². The van der Waals surface area contributed by atoms with Crippen LogP contribution in [0.2, 0.25) is 5.15 Å². The molecule has 0 aliphatic heterocycles. The Morgan fingerprint density at radius 3 is 2.94 bits per heavy atom. The molecule has 7 heteroatoms. The highest BCUT2D eigenvalue weighted by atomic mass is 35.5. The zero-order chi connectivity index (χ0) is 13.0. The van der Waals surface area contributed by atoms with Crippen LogP contribution in [0.15, 0.2) is 17.9 Å². The molecular weight excluding hydrogens is 272 g/mol. The number of nitrogens with one attached hydrogen (secondary N) is 1. The minimum atomic E-state index is 0.00895. The molecule has 2 heterocycles. The molecule has 0 saturated carbocycles. The molecule has 5 nitrogen and oxygen atoms in total. The number of carbonyl (C=O) groups is 1. The van der Waals surface area contributed by atoms with Gasteiger partial charge in [-0.25, -0.2) is 15.0 Å². The summed E-state index contributed by atoms with van der Waals surface area (Å²) in [4.78, 5) is 23.1. The Labute approximate surface area is 113 Å². The van der Waals surface area contributed by atoms with Crippen LogP contribution < -0.4 is 5.32 Å². The zero-order valence-corrected chi connectivity index (χ0v) is 11.2. The number of hydrogen-bond acceptors (Lipinski definition) is 6. The van der Waals surface area contributed by atoms with Gasteiger partial charge in [-0.05, 0) is 6.42 Å². The maximum atomic E-state index is 11.0. The fraction of sp³-hybridized carbons (Fsp3) is 0.273. The highest BCUT2D eigenvalue weighted by Gasteiger charge is 2.16. The predicted octanol–water partition coefficient (Wildman–Crippen LogP) is 2.96. The van der Waals surface area contributed by atoms with Crippen LogP contribution in [-0.4, -0.2) is 21.2 Å². The van der Waals surface area contributed by atoms with E-state index in [2.05, 4.69) is 20.3 Å². The standard InChI is InChI=1S/C11H11ClN4OS/c1-2-8(11-13-3-4-18-11)16-10-7(5-17)9(12)14-6-15-10/h3-6,8H,2H2,1H3,(H,14,15,16). The van der Waals surface area contributed by atoms with Crippen LogP contribution in [0.25, 0.3) is 0 Å². The molecule has 2 rings (SSSR count). The van der Waals surface area contributed by atoms with E-state index in [0.29, 0.717) is 12.1 Å². The molecule has 94 valence electrons. The quantitative estimate of drug-likeness (QED) is 0.674. The summed E-state index contributed by atoms with van der Waals surface area (Å²) in [6.45, 7) is 2.03. The van der Waals surface area contributed by atoms with Crippen LogP contribution in [0.5, 0.6) is 0 Å². The summed E-state index contributed by atoms with van der Waals surface area (Å²) in [6, 6.07) is 0.00895. The van der Waals surface area contributed by atoms with Gasteiger partial charge in [0, 0.05) is 11.6 Å². The van der Waals surface area contributed by atoms with Gasteiger partial charge in [0.1, 0.15) is 22.3 Å². The van der Waals surface area contributed by atoms with Crippen molar-refractivity contribution in [3.63, 3.8) is 0 Å². The van der Waals surface area contributed by atoms with Gasteiger partial charge in [0.25, 0.3) is 0 Å². The molecule has 2 aromatic heterocycles. The number of aldehydes is 1. The Bertz CT molecular complexity index is 532. The number of hydrogen-bond donors (Lipinski definition) is 1. The highest BCUT2D eigenvalue weighted by Crippen LogP contribution is 2.26. The molecule has 0 spiro atoms. The van der Waals surface area contributed by atoms with Crippen LogP contribution in [0.4, 0.5) is 5.82 Å². The first-order valence-corrected chi connectivity index (χ1v) is 6.63. The van der Waals surface area contributed by atoms with Crippen LogP contribution in [0.1, 0.15) is 34.8 Å². The van der Waals surface area contributed by atoms with E-state index < -0.39 is 0 Å². The molecule has 18 heavy (non-hydrogen) atoms. The number of anilines is 1. The number of thiazole rings is 1. The first-order chi connectivity index (χ1) is 8.76. The van der Waals surface area contributed by atoms with Gasteiger partial charge in [-0.1, -0.05) is 18.5 Å². The van der Waals surface area contributed by atoms with Gasteiger partial charge in [0.05, 0.1) is 11.6 Å². The summed E-state index contributed by atoms with van der Waals surface area (Å²) in [5, 5.41) is 6.18. The molecule has 0 saturated heterocycles. The van der Waals surface area contributed by atoms with Gasteiger partial charge >= 0.3 is 0 Å². The van der Waals surface area contributed by atoms with Crippen LogP contribution in [-0.2, 0) is 0 Å². The van der Waals surface area contributed by atoms with Gasteiger partial charge in [-0.3, -0.25) is 4.79 Å². The topological polar surface area (TPSA) is 67.8 Å². The average Bonchev–Trinajstić information content (AvgIpc) is 2.89. The molecule has 0 aliphatic carbocycles. The number of rotatable bonds is 5. The van der Waals surface area contributed by atoms with E-state index in [-0.39, 0.29) is 16.8 Å². The molecule has 0 bridgehead atoms. The molecule has 1 N–H and O–H groups in total. The Hall–Kier alpha value is -1.53. The third-order valence-electron chi connectivity index (χ3n) is 2.42. The van der Waals surface area contributed by atoms with E-state index in [1.54, 1.807) is 17.5 Å². The molecule has 0 aromatic carbocycles. The zero-order valence-electron chi connectivity index (χ0n) is 9.63. The van der Waals surface area contributed by atoms with Crippen molar-refractivity contribution in [3.05, 3.63) is 33.6 Å². The lowest BCUT2D eigenvalue weighted by molar-refractivity contribution is 0.112. The van der Waals surface area contributed by atoms with Gasteiger partial charge < -0.3 is 5.32 Å². The average molecular weight is 283 g/mol. The predicted molar refractivity (Wildman–Crippen MR) is 71.2 cm³/mol. The second-order valence-electron chi connectivity index (χ2n) is 3.52. The number of carbonyl (C=O) groups excluding carboxylic acids is 1. The lowest BCUT2D eigenvalue weighted by Gasteiger charge is -2.16. The number of halogens is 1. The fourth-order valence-corrected chi connectivity index (χ4v) is 2.45. The van der Waals surface area contributed by atoms with E-state index in [1.807, 2.05) is 12.3 Å². The Balaban J connectivity index is 2.28. The number of nitrogens with zero attached hydrogens (tertiary/aromatic N) is 3. The molecule has 0 aliphatic rings.